The molecule has 0 saturated heterocycles. The van der Waals surface area contributed by atoms with Gasteiger partial charge in [0.2, 0.25) is 0 Å². The van der Waals surface area contributed by atoms with E-state index >= 15 is 0 Å². The zero-order chi connectivity index (χ0) is 17.0. The standard InChI is InChI=1S/C15H22BrN5O2/c1-10(2)20(15(22)23-11(3)4)8-7-17-13-5-6-14-18-9-12(16)21(14)19-13/h5-6,9-11H,7-8H2,1-4H3,(H,17,19). The van der Waals surface area contributed by atoms with Gasteiger partial charge in [-0.2, -0.15) is 0 Å². The van der Waals surface area contributed by atoms with Crippen LogP contribution in [-0.2, 0) is 4.74 Å². The van der Waals surface area contributed by atoms with Crippen LogP contribution in [0.25, 0.3) is 5.65 Å². The van der Waals surface area contributed by atoms with Crippen molar-refractivity contribution in [2.45, 2.75) is 39.8 Å². The minimum absolute atomic E-state index is 0.0706. The maximum Gasteiger partial charge on any atom is 0.410 e. The number of nitrogens with one attached hydrogen (secondary N) is 1. The summed E-state index contributed by atoms with van der Waals surface area (Å²) in [6.45, 7) is 8.74. The Bertz CT molecular complexity index is 671. The molecule has 2 heterocycles. The monoisotopic (exact) mass is 383 g/mol. The fourth-order valence-electron chi connectivity index (χ4n) is 2.07. The van der Waals surface area contributed by atoms with Gasteiger partial charge in [0.05, 0.1) is 12.3 Å². The van der Waals surface area contributed by atoms with Gasteiger partial charge in [-0.1, -0.05) is 0 Å². The highest BCUT2D eigenvalue weighted by molar-refractivity contribution is 9.10. The number of carbonyl (C=O) groups excluding carboxylic acids is 1. The number of imidazole rings is 1. The third-order valence-electron chi connectivity index (χ3n) is 3.17. The molecule has 0 unspecified atom stereocenters. The van der Waals surface area contributed by atoms with Gasteiger partial charge < -0.3 is 15.0 Å². The number of amides is 1. The topological polar surface area (TPSA) is 71.8 Å². The number of rotatable bonds is 6. The van der Waals surface area contributed by atoms with Crippen LogP contribution < -0.4 is 5.32 Å². The predicted octanol–water partition coefficient (Wildman–Crippen LogP) is 3.16. The van der Waals surface area contributed by atoms with Crippen molar-refractivity contribution < 1.29 is 9.53 Å². The summed E-state index contributed by atoms with van der Waals surface area (Å²) in [7, 11) is 0. The van der Waals surface area contributed by atoms with E-state index in [2.05, 4.69) is 31.3 Å². The van der Waals surface area contributed by atoms with E-state index in [1.54, 1.807) is 15.6 Å². The summed E-state index contributed by atoms with van der Waals surface area (Å²) in [6, 6.07) is 3.81. The van der Waals surface area contributed by atoms with Crippen molar-refractivity contribution in [2.24, 2.45) is 0 Å². The summed E-state index contributed by atoms with van der Waals surface area (Å²) in [6.07, 6.45) is 1.28. The van der Waals surface area contributed by atoms with Crippen LogP contribution in [0.1, 0.15) is 27.7 Å². The number of hydrogen-bond donors (Lipinski definition) is 1. The smallest absolute Gasteiger partial charge is 0.410 e. The maximum absolute atomic E-state index is 12.1. The first-order valence-corrected chi connectivity index (χ1v) is 8.39. The van der Waals surface area contributed by atoms with Crippen molar-refractivity contribution >= 4 is 33.5 Å². The third-order valence-corrected chi connectivity index (χ3v) is 3.71. The van der Waals surface area contributed by atoms with Crippen molar-refractivity contribution in [3.8, 4) is 0 Å². The maximum atomic E-state index is 12.1. The van der Waals surface area contributed by atoms with Crippen molar-refractivity contribution in [3.63, 3.8) is 0 Å². The fraction of sp³-hybridized carbons (Fsp3) is 0.533. The second-order valence-electron chi connectivity index (χ2n) is 5.72. The van der Waals surface area contributed by atoms with Crippen LogP contribution in [0.2, 0.25) is 0 Å². The van der Waals surface area contributed by atoms with E-state index in [-0.39, 0.29) is 18.2 Å². The Morgan fingerprint density at radius 1 is 1.39 bits per heavy atom. The summed E-state index contributed by atoms with van der Waals surface area (Å²) in [4.78, 5) is 18.0. The summed E-state index contributed by atoms with van der Waals surface area (Å²) >= 11 is 3.39. The number of halogens is 1. The molecule has 2 aromatic rings. The van der Waals surface area contributed by atoms with Gasteiger partial charge in [0, 0.05) is 19.1 Å². The number of hydrogen-bond acceptors (Lipinski definition) is 5. The summed E-state index contributed by atoms with van der Waals surface area (Å²) in [5.74, 6) is 0.720. The van der Waals surface area contributed by atoms with Crippen molar-refractivity contribution in [1.82, 2.24) is 19.5 Å². The molecule has 1 N–H and O–H groups in total. The third kappa shape index (κ3) is 4.57. The Kier molecular flexibility index (Phi) is 5.81. The number of anilines is 1. The Morgan fingerprint density at radius 3 is 2.78 bits per heavy atom. The van der Waals surface area contributed by atoms with Gasteiger partial charge in [-0.3, -0.25) is 0 Å². The van der Waals surface area contributed by atoms with E-state index in [4.69, 9.17) is 4.74 Å². The van der Waals surface area contributed by atoms with Gasteiger partial charge in [-0.15, -0.1) is 5.10 Å². The van der Waals surface area contributed by atoms with Gasteiger partial charge in [-0.25, -0.2) is 14.3 Å². The van der Waals surface area contributed by atoms with Crippen LogP contribution in [0.3, 0.4) is 0 Å². The van der Waals surface area contributed by atoms with Crippen LogP contribution in [0.5, 0.6) is 0 Å². The first kappa shape index (κ1) is 17.5. The molecule has 23 heavy (non-hydrogen) atoms. The molecule has 0 fully saturated rings. The lowest BCUT2D eigenvalue weighted by Gasteiger charge is -2.27. The molecule has 2 aromatic heterocycles. The normalized spacial score (nSPS) is 11.3. The molecule has 8 heteroatoms. The van der Waals surface area contributed by atoms with Gasteiger partial charge in [0.15, 0.2) is 5.65 Å². The summed E-state index contributed by atoms with van der Waals surface area (Å²) < 4.78 is 7.76. The van der Waals surface area contributed by atoms with Gasteiger partial charge in [0.1, 0.15) is 10.4 Å². The SMILES string of the molecule is CC(C)OC(=O)N(CCNc1ccc2ncc(Br)n2n1)C(C)C. The number of carbonyl (C=O) groups is 1. The quantitative estimate of drug-likeness (QED) is 0.829. The Hall–Kier alpha value is -1.83. The van der Waals surface area contributed by atoms with Crippen molar-refractivity contribution in [2.75, 3.05) is 18.4 Å². The summed E-state index contributed by atoms with van der Waals surface area (Å²) in [5, 5.41) is 7.65. The average molecular weight is 384 g/mol. The molecule has 126 valence electrons. The van der Waals surface area contributed by atoms with Crippen LogP contribution in [0.15, 0.2) is 22.9 Å². The first-order valence-electron chi connectivity index (χ1n) is 7.60. The van der Waals surface area contributed by atoms with Gasteiger partial charge >= 0.3 is 6.09 Å². The highest BCUT2D eigenvalue weighted by atomic mass is 79.9. The molecule has 0 spiro atoms. The van der Waals surface area contributed by atoms with Crippen LogP contribution >= 0.6 is 15.9 Å². The van der Waals surface area contributed by atoms with Crippen molar-refractivity contribution in [1.29, 1.82) is 0 Å². The lowest BCUT2D eigenvalue weighted by atomic mass is 10.3. The number of ether oxygens (including phenoxy) is 1. The van der Waals surface area contributed by atoms with Gasteiger partial charge in [-0.05, 0) is 55.8 Å². The molecule has 7 nitrogen and oxygen atoms in total. The lowest BCUT2D eigenvalue weighted by Crippen LogP contribution is -2.41. The Balaban J connectivity index is 1.95. The largest absolute Gasteiger partial charge is 0.447 e. The van der Waals surface area contributed by atoms with E-state index < -0.39 is 0 Å². The summed E-state index contributed by atoms with van der Waals surface area (Å²) in [5.41, 5.74) is 0.770. The van der Waals surface area contributed by atoms with E-state index in [0.717, 1.165) is 16.1 Å². The molecular weight excluding hydrogens is 362 g/mol. The molecular formula is C15H22BrN5O2. The van der Waals surface area contributed by atoms with E-state index in [1.807, 2.05) is 39.8 Å². The average Bonchev–Trinajstić information content (AvgIpc) is 2.83. The number of aromatic nitrogens is 3. The molecule has 0 aliphatic heterocycles. The molecule has 0 saturated carbocycles. The molecule has 0 aliphatic carbocycles. The van der Waals surface area contributed by atoms with E-state index in [9.17, 15) is 4.79 Å². The Labute approximate surface area is 144 Å². The molecule has 1 amide bonds. The lowest BCUT2D eigenvalue weighted by molar-refractivity contribution is 0.0693. The van der Waals surface area contributed by atoms with Crippen LogP contribution in [0, 0.1) is 0 Å². The first-order chi connectivity index (χ1) is 10.9. The molecule has 0 aliphatic rings. The predicted molar refractivity (Wildman–Crippen MR) is 92.6 cm³/mol. The number of fused-ring (bicyclic) bond motifs is 1. The molecule has 0 radical (unpaired) electrons. The minimum atomic E-state index is -0.294. The molecule has 2 rings (SSSR count). The highest BCUT2D eigenvalue weighted by Gasteiger charge is 2.19. The van der Waals surface area contributed by atoms with Crippen LogP contribution in [-0.4, -0.2) is 50.8 Å². The zero-order valence-corrected chi connectivity index (χ0v) is 15.4. The zero-order valence-electron chi connectivity index (χ0n) is 13.8. The van der Waals surface area contributed by atoms with E-state index in [0.29, 0.717) is 13.1 Å². The number of nitrogens with zero attached hydrogens (tertiary/aromatic N) is 4. The second kappa shape index (κ2) is 7.63. The van der Waals surface area contributed by atoms with Crippen molar-refractivity contribution in [3.05, 3.63) is 22.9 Å². The highest BCUT2D eigenvalue weighted by Crippen LogP contribution is 2.13. The molecule has 0 aromatic carbocycles. The fourth-order valence-corrected chi connectivity index (χ4v) is 2.44. The Morgan fingerprint density at radius 2 is 2.13 bits per heavy atom. The second-order valence-corrected chi connectivity index (χ2v) is 6.53. The van der Waals surface area contributed by atoms with E-state index in [1.165, 1.54) is 0 Å². The molecule has 0 bridgehead atoms. The molecule has 0 atom stereocenters. The van der Waals surface area contributed by atoms with Gasteiger partial charge in [0.25, 0.3) is 0 Å². The van der Waals surface area contributed by atoms with Crippen LogP contribution in [0.4, 0.5) is 10.6 Å². The minimum Gasteiger partial charge on any atom is -0.447 e.